The first-order valence-electron chi connectivity index (χ1n) is 3.41. The summed E-state index contributed by atoms with van der Waals surface area (Å²) in [4.78, 5) is 17.5. The van der Waals surface area contributed by atoms with Gasteiger partial charge in [-0.3, -0.25) is 4.79 Å². The Morgan fingerprint density at radius 3 is 3.09 bits per heavy atom. The number of aliphatic hydroxyl groups excluding tert-OH is 1. The van der Waals surface area contributed by atoms with Gasteiger partial charge in [0.1, 0.15) is 0 Å². The molecule has 60 valence electrons. The molecular formula is C7H10N2O2. The van der Waals surface area contributed by atoms with Crippen LogP contribution >= 0.6 is 0 Å². The Kier molecular flexibility index (Phi) is 2.38. The normalized spacial score (nSPS) is 12.9. The molecule has 4 heteroatoms. The monoisotopic (exact) mass is 154 g/mol. The summed E-state index contributed by atoms with van der Waals surface area (Å²) in [6.07, 6.45) is 2.60. The lowest BCUT2D eigenvalue weighted by atomic mass is 10.2. The summed E-state index contributed by atoms with van der Waals surface area (Å²) in [5.41, 5.74) is 0. The SMILES string of the molecule is CC(O)CC(=O)c1ncc[nH]1. The number of aliphatic hydroxyl groups is 1. The molecule has 0 spiro atoms. The predicted molar refractivity (Wildman–Crippen MR) is 39.2 cm³/mol. The number of H-pyrrole nitrogens is 1. The molecule has 0 saturated heterocycles. The van der Waals surface area contributed by atoms with Crippen LogP contribution in [0.5, 0.6) is 0 Å². The molecule has 0 aliphatic rings. The number of nitrogens with zero attached hydrogens (tertiary/aromatic N) is 1. The molecular weight excluding hydrogens is 144 g/mol. The maximum Gasteiger partial charge on any atom is 0.200 e. The third-order valence-corrected chi connectivity index (χ3v) is 1.24. The molecule has 1 heterocycles. The number of aromatic nitrogens is 2. The van der Waals surface area contributed by atoms with Crippen molar-refractivity contribution in [2.45, 2.75) is 19.4 Å². The number of hydrogen-bond acceptors (Lipinski definition) is 3. The number of aromatic amines is 1. The van der Waals surface area contributed by atoms with E-state index in [1.165, 1.54) is 6.20 Å². The van der Waals surface area contributed by atoms with Gasteiger partial charge in [0.25, 0.3) is 0 Å². The second-order valence-corrected chi connectivity index (χ2v) is 2.41. The van der Waals surface area contributed by atoms with Crippen LogP contribution < -0.4 is 0 Å². The van der Waals surface area contributed by atoms with Crippen LogP contribution in [0.15, 0.2) is 12.4 Å². The molecule has 1 aromatic heterocycles. The van der Waals surface area contributed by atoms with Gasteiger partial charge in [0.15, 0.2) is 5.82 Å². The molecule has 0 bridgehead atoms. The van der Waals surface area contributed by atoms with E-state index < -0.39 is 6.10 Å². The number of ketones is 1. The Morgan fingerprint density at radius 2 is 2.64 bits per heavy atom. The Bertz CT molecular complexity index is 229. The molecule has 1 rings (SSSR count). The first-order chi connectivity index (χ1) is 5.20. The molecule has 11 heavy (non-hydrogen) atoms. The highest BCUT2D eigenvalue weighted by Crippen LogP contribution is 1.98. The van der Waals surface area contributed by atoms with Gasteiger partial charge in [0, 0.05) is 18.8 Å². The largest absolute Gasteiger partial charge is 0.393 e. The third-order valence-electron chi connectivity index (χ3n) is 1.24. The first kappa shape index (κ1) is 7.94. The zero-order valence-corrected chi connectivity index (χ0v) is 6.24. The van der Waals surface area contributed by atoms with Crippen LogP contribution in [-0.2, 0) is 0 Å². The molecule has 1 unspecified atom stereocenters. The van der Waals surface area contributed by atoms with E-state index in [9.17, 15) is 4.79 Å². The van der Waals surface area contributed by atoms with Crippen LogP contribution in [0, 0.1) is 0 Å². The van der Waals surface area contributed by atoms with E-state index in [0.717, 1.165) is 0 Å². The van der Waals surface area contributed by atoms with Crippen LogP contribution in [0.3, 0.4) is 0 Å². The minimum absolute atomic E-state index is 0.119. The van der Waals surface area contributed by atoms with E-state index >= 15 is 0 Å². The number of nitrogens with one attached hydrogen (secondary N) is 1. The minimum atomic E-state index is -0.604. The Hall–Kier alpha value is -1.16. The minimum Gasteiger partial charge on any atom is -0.393 e. The van der Waals surface area contributed by atoms with Crippen molar-refractivity contribution in [2.75, 3.05) is 0 Å². The lowest BCUT2D eigenvalue weighted by molar-refractivity contribution is 0.0892. The van der Waals surface area contributed by atoms with Crippen LogP contribution in [0.1, 0.15) is 24.0 Å². The molecule has 0 fully saturated rings. The molecule has 4 nitrogen and oxygen atoms in total. The average molecular weight is 154 g/mol. The van der Waals surface area contributed by atoms with Crippen molar-refractivity contribution in [3.05, 3.63) is 18.2 Å². The van der Waals surface area contributed by atoms with Gasteiger partial charge in [-0.05, 0) is 6.92 Å². The lowest BCUT2D eigenvalue weighted by Crippen LogP contribution is -2.10. The fraction of sp³-hybridized carbons (Fsp3) is 0.429. The average Bonchev–Trinajstić information content (AvgIpc) is 2.35. The Morgan fingerprint density at radius 1 is 1.91 bits per heavy atom. The molecule has 0 amide bonds. The second-order valence-electron chi connectivity index (χ2n) is 2.41. The topological polar surface area (TPSA) is 66.0 Å². The Balaban J connectivity index is 2.57. The van der Waals surface area contributed by atoms with E-state index in [1.807, 2.05) is 0 Å². The van der Waals surface area contributed by atoms with Gasteiger partial charge in [-0.15, -0.1) is 0 Å². The van der Waals surface area contributed by atoms with Gasteiger partial charge >= 0.3 is 0 Å². The molecule has 0 saturated carbocycles. The molecule has 2 N–H and O–H groups in total. The summed E-state index contributed by atoms with van der Waals surface area (Å²) < 4.78 is 0. The van der Waals surface area contributed by atoms with Crippen molar-refractivity contribution >= 4 is 5.78 Å². The van der Waals surface area contributed by atoms with Crippen molar-refractivity contribution in [1.82, 2.24) is 9.97 Å². The zero-order chi connectivity index (χ0) is 8.27. The van der Waals surface area contributed by atoms with Crippen LogP contribution in [0.2, 0.25) is 0 Å². The van der Waals surface area contributed by atoms with Crippen LogP contribution in [0.25, 0.3) is 0 Å². The quantitative estimate of drug-likeness (QED) is 0.618. The number of imidazole rings is 1. The van der Waals surface area contributed by atoms with E-state index in [-0.39, 0.29) is 12.2 Å². The highest BCUT2D eigenvalue weighted by Gasteiger charge is 2.10. The van der Waals surface area contributed by atoms with Gasteiger partial charge in [0.2, 0.25) is 5.78 Å². The second kappa shape index (κ2) is 3.30. The first-order valence-corrected chi connectivity index (χ1v) is 3.41. The summed E-state index contributed by atoms with van der Waals surface area (Å²) in [5, 5.41) is 8.86. The number of hydrogen-bond donors (Lipinski definition) is 2. The fourth-order valence-corrected chi connectivity index (χ4v) is 0.783. The van der Waals surface area contributed by atoms with Crippen molar-refractivity contribution in [2.24, 2.45) is 0 Å². The summed E-state index contributed by atoms with van der Waals surface area (Å²) in [6, 6.07) is 0. The highest BCUT2D eigenvalue weighted by molar-refractivity contribution is 5.92. The van der Waals surface area contributed by atoms with E-state index in [0.29, 0.717) is 5.82 Å². The van der Waals surface area contributed by atoms with Crippen LogP contribution in [0.4, 0.5) is 0 Å². The number of rotatable bonds is 3. The summed E-state index contributed by atoms with van der Waals surface area (Å²) >= 11 is 0. The third kappa shape index (κ3) is 2.16. The van der Waals surface area contributed by atoms with Crippen molar-refractivity contribution in [1.29, 1.82) is 0 Å². The maximum absolute atomic E-state index is 11.1. The molecule has 0 aromatic carbocycles. The predicted octanol–water partition coefficient (Wildman–Crippen LogP) is 0.363. The van der Waals surface area contributed by atoms with Crippen molar-refractivity contribution in [3.8, 4) is 0 Å². The van der Waals surface area contributed by atoms with Gasteiger partial charge in [-0.2, -0.15) is 0 Å². The molecule has 1 aromatic rings. The van der Waals surface area contributed by atoms with E-state index in [2.05, 4.69) is 9.97 Å². The molecule has 1 atom stereocenters. The van der Waals surface area contributed by atoms with Crippen molar-refractivity contribution < 1.29 is 9.90 Å². The Labute approximate surface area is 64.3 Å². The highest BCUT2D eigenvalue weighted by atomic mass is 16.3. The maximum atomic E-state index is 11.1. The van der Waals surface area contributed by atoms with E-state index in [4.69, 9.17) is 5.11 Å². The molecule has 0 radical (unpaired) electrons. The fourth-order valence-electron chi connectivity index (χ4n) is 0.783. The lowest BCUT2D eigenvalue weighted by Gasteiger charge is -1.98. The standard InChI is InChI=1S/C7H10N2O2/c1-5(10)4-6(11)7-8-2-3-9-7/h2-3,5,10H,4H2,1H3,(H,8,9). The van der Waals surface area contributed by atoms with E-state index in [1.54, 1.807) is 13.1 Å². The summed E-state index contributed by atoms with van der Waals surface area (Å²) in [6.45, 7) is 1.57. The summed E-state index contributed by atoms with van der Waals surface area (Å²) in [5.74, 6) is 0.149. The van der Waals surface area contributed by atoms with Crippen molar-refractivity contribution in [3.63, 3.8) is 0 Å². The number of carbonyl (C=O) groups is 1. The smallest absolute Gasteiger partial charge is 0.200 e. The number of Topliss-reactive ketones (excluding diaryl/α,β-unsaturated/α-hetero) is 1. The number of carbonyl (C=O) groups excluding carboxylic acids is 1. The van der Waals surface area contributed by atoms with Gasteiger partial charge in [-0.25, -0.2) is 4.98 Å². The van der Waals surface area contributed by atoms with Gasteiger partial charge in [0.05, 0.1) is 6.10 Å². The molecule has 0 aliphatic heterocycles. The van der Waals surface area contributed by atoms with Gasteiger partial charge < -0.3 is 10.1 Å². The van der Waals surface area contributed by atoms with Crippen LogP contribution in [-0.4, -0.2) is 27.0 Å². The zero-order valence-electron chi connectivity index (χ0n) is 6.24. The summed E-state index contributed by atoms with van der Waals surface area (Å²) in [7, 11) is 0. The molecule has 0 aliphatic carbocycles. The van der Waals surface area contributed by atoms with Gasteiger partial charge in [-0.1, -0.05) is 0 Å².